The van der Waals surface area contributed by atoms with E-state index in [0.29, 0.717) is 22.2 Å². The molecule has 2 heterocycles. The lowest BCUT2D eigenvalue weighted by atomic mass is 10.1. The summed E-state index contributed by atoms with van der Waals surface area (Å²) in [7, 11) is 0. The van der Waals surface area contributed by atoms with Gasteiger partial charge in [0.1, 0.15) is 0 Å². The molecule has 1 saturated carbocycles. The summed E-state index contributed by atoms with van der Waals surface area (Å²) in [5.41, 5.74) is 2.27. The zero-order valence-electron chi connectivity index (χ0n) is 14.0. The minimum Gasteiger partial charge on any atom is -0.371 e. The highest BCUT2D eigenvalue weighted by atomic mass is 32.1. The van der Waals surface area contributed by atoms with Crippen LogP contribution < -0.4 is 15.5 Å². The fourth-order valence-electron chi connectivity index (χ4n) is 3.12. The molecule has 1 aliphatic heterocycles. The van der Waals surface area contributed by atoms with Crippen LogP contribution in [0.15, 0.2) is 35.7 Å². The van der Waals surface area contributed by atoms with E-state index in [1.807, 2.05) is 23.6 Å². The van der Waals surface area contributed by atoms with Crippen LogP contribution >= 0.6 is 11.3 Å². The molecule has 4 rings (SSSR count). The van der Waals surface area contributed by atoms with Gasteiger partial charge in [0.25, 0.3) is 11.8 Å². The zero-order valence-corrected chi connectivity index (χ0v) is 14.8. The number of nitrogens with one attached hydrogen (secondary N) is 2. The summed E-state index contributed by atoms with van der Waals surface area (Å²) < 4.78 is 0. The Morgan fingerprint density at radius 1 is 1.08 bits per heavy atom. The van der Waals surface area contributed by atoms with Crippen LogP contribution in [0.3, 0.4) is 0 Å². The number of benzene rings is 1. The van der Waals surface area contributed by atoms with Crippen molar-refractivity contribution in [3.05, 3.63) is 46.2 Å². The van der Waals surface area contributed by atoms with Crippen LogP contribution in [0.25, 0.3) is 0 Å². The monoisotopic (exact) mass is 355 g/mol. The number of amides is 2. The average molecular weight is 355 g/mol. The van der Waals surface area contributed by atoms with Crippen molar-refractivity contribution in [3.8, 4) is 0 Å². The standard InChI is InChI=1S/C19H21N3O2S/c23-18(20-13-5-6-13)15-12-14(21-19(24)17-4-3-11-25-17)7-8-16(15)22-9-1-2-10-22/h3-4,7-8,11-13H,1-2,5-6,9-10H2,(H,20,23)(H,21,24). The Kier molecular flexibility index (Phi) is 4.44. The van der Waals surface area contributed by atoms with Crippen molar-refractivity contribution in [2.75, 3.05) is 23.3 Å². The molecule has 0 radical (unpaired) electrons. The molecule has 25 heavy (non-hydrogen) atoms. The maximum absolute atomic E-state index is 12.7. The summed E-state index contributed by atoms with van der Waals surface area (Å²) in [5, 5.41) is 7.84. The van der Waals surface area contributed by atoms with Gasteiger partial charge in [-0.15, -0.1) is 11.3 Å². The van der Waals surface area contributed by atoms with Crippen molar-refractivity contribution in [1.82, 2.24) is 5.32 Å². The molecule has 6 heteroatoms. The number of carbonyl (C=O) groups is 2. The van der Waals surface area contributed by atoms with Gasteiger partial charge in [0, 0.05) is 30.5 Å². The highest BCUT2D eigenvalue weighted by Crippen LogP contribution is 2.29. The highest BCUT2D eigenvalue weighted by molar-refractivity contribution is 7.12. The molecule has 0 atom stereocenters. The third-order valence-corrected chi connectivity index (χ3v) is 5.47. The second-order valence-corrected chi connectivity index (χ2v) is 7.55. The first-order valence-corrected chi connectivity index (χ1v) is 9.63. The SMILES string of the molecule is O=C(Nc1ccc(N2CCCC2)c(C(=O)NC2CC2)c1)c1cccs1. The molecule has 2 N–H and O–H groups in total. The molecule has 1 aromatic carbocycles. The van der Waals surface area contributed by atoms with Gasteiger partial charge < -0.3 is 15.5 Å². The van der Waals surface area contributed by atoms with Crippen LogP contribution in [0.1, 0.15) is 45.7 Å². The molecule has 1 aliphatic carbocycles. The van der Waals surface area contributed by atoms with E-state index in [0.717, 1.165) is 44.5 Å². The molecule has 0 spiro atoms. The molecule has 2 amide bonds. The minimum absolute atomic E-state index is 0.0448. The van der Waals surface area contributed by atoms with E-state index in [-0.39, 0.29) is 11.8 Å². The Morgan fingerprint density at radius 3 is 2.56 bits per heavy atom. The van der Waals surface area contributed by atoms with Gasteiger partial charge >= 0.3 is 0 Å². The summed E-state index contributed by atoms with van der Waals surface area (Å²) in [5.74, 6) is -0.186. The first-order chi connectivity index (χ1) is 12.2. The van der Waals surface area contributed by atoms with Crippen LogP contribution in [-0.4, -0.2) is 30.9 Å². The molecule has 0 unspecified atom stereocenters. The first-order valence-electron chi connectivity index (χ1n) is 8.75. The number of thiophene rings is 1. The molecule has 1 saturated heterocycles. The summed E-state index contributed by atoms with van der Waals surface area (Å²) >= 11 is 1.40. The fourth-order valence-corrected chi connectivity index (χ4v) is 3.74. The molecule has 1 aromatic heterocycles. The zero-order chi connectivity index (χ0) is 17.2. The number of nitrogens with zero attached hydrogens (tertiary/aromatic N) is 1. The molecular formula is C19H21N3O2S. The molecule has 2 fully saturated rings. The van der Waals surface area contributed by atoms with Gasteiger partial charge in [-0.05, 0) is 55.3 Å². The van der Waals surface area contributed by atoms with Gasteiger partial charge in [-0.25, -0.2) is 0 Å². The summed E-state index contributed by atoms with van der Waals surface area (Å²) in [6.45, 7) is 1.95. The Balaban J connectivity index is 1.59. The smallest absolute Gasteiger partial charge is 0.265 e. The van der Waals surface area contributed by atoms with E-state index in [1.165, 1.54) is 11.3 Å². The van der Waals surface area contributed by atoms with Crippen LogP contribution in [0.4, 0.5) is 11.4 Å². The largest absolute Gasteiger partial charge is 0.371 e. The van der Waals surface area contributed by atoms with Crippen molar-refractivity contribution in [2.45, 2.75) is 31.7 Å². The Morgan fingerprint density at radius 2 is 1.88 bits per heavy atom. The summed E-state index contributed by atoms with van der Waals surface area (Å²) in [6.07, 6.45) is 4.42. The molecule has 2 aromatic rings. The minimum atomic E-state index is -0.141. The number of hydrogen-bond donors (Lipinski definition) is 2. The third-order valence-electron chi connectivity index (χ3n) is 4.60. The fraction of sp³-hybridized carbons (Fsp3) is 0.368. The van der Waals surface area contributed by atoms with E-state index < -0.39 is 0 Å². The number of anilines is 2. The van der Waals surface area contributed by atoms with Crippen LogP contribution in [0.5, 0.6) is 0 Å². The van der Waals surface area contributed by atoms with Gasteiger partial charge in [-0.3, -0.25) is 9.59 Å². The Hall–Kier alpha value is -2.34. The van der Waals surface area contributed by atoms with Crippen molar-refractivity contribution < 1.29 is 9.59 Å². The maximum Gasteiger partial charge on any atom is 0.265 e. The van der Waals surface area contributed by atoms with Crippen LogP contribution in [0, 0.1) is 0 Å². The molecule has 5 nitrogen and oxygen atoms in total. The topological polar surface area (TPSA) is 61.4 Å². The molecule has 0 bridgehead atoms. The number of rotatable bonds is 5. The lowest BCUT2D eigenvalue weighted by Crippen LogP contribution is -2.29. The first kappa shape index (κ1) is 16.1. The predicted molar refractivity (Wildman–Crippen MR) is 101 cm³/mol. The lowest BCUT2D eigenvalue weighted by molar-refractivity contribution is 0.0950. The van der Waals surface area contributed by atoms with E-state index in [9.17, 15) is 9.59 Å². The van der Waals surface area contributed by atoms with E-state index in [4.69, 9.17) is 0 Å². The van der Waals surface area contributed by atoms with Crippen molar-refractivity contribution in [3.63, 3.8) is 0 Å². The summed E-state index contributed by atoms with van der Waals surface area (Å²) in [4.78, 5) is 27.9. The van der Waals surface area contributed by atoms with Gasteiger partial charge in [0.2, 0.25) is 0 Å². The maximum atomic E-state index is 12.7. The Labute approximate surface area is 151 Å². The second kappa shape index (κ2) is 6.88. The third kappa shape index (κ3) is 3.69. The van der Waals surface area contributed by atoms with Crippen LogP contribution in [0.2, 0.25) is 0 Å². The van der Waals surface area contributed by atoms with E-state index >= 15 is 0 Å². The molecule has 130 valence electrons. The lowest BCUT2D eigenvalue weighted by Gasteiger charge is -2.22. The quantitative estimate of drug-likeness (QED) is 0.863. The average Bonchev–Trinajstić information content (AvgIpc) is 3.10. The predicted octanol–water partition coefficient (Wildman–Crippen LogP) is 3.49. The van der Waals surface area contributed by atoms with Crippen molar-refractivity contribution in [2.24, 2.45) is 0 Å². The molecule has 2 aliphatic rings. The van der Waals surface area contributed by atoms with E-state index in [2.05, 4.69) is 15.5 Å². The van der Waals surface area contributed by atoms with Crippen LogP contribution in [-0.2, 0) is 0 Å². The second-order valence-electron chi connectivity index (χ2n) is 6.61. The number of hydrogen-bond acceptors (Lipinski definition) is 4. The van der Waals surface area contributed by atoms with Crippen molar-refractivity contribution >= 4 is 34.5 Å². The number of carbonyl (C=O) groups excluding carboxylic acids is 2. The molecular weight excluding hydrogens is 334 g/mol. The highest BCUT2D eigenvalue weighted by Gasteiger charge is 2.27. The summed E-state index contributed by atoms with van der Waals surface area (Å²) in [6, 6.07) is 9.59. The van der Waals surface area contributed by atoms with E-state index in [1.54, 1.807) is 12.1 Å². The van der Waals surface area contributed by atoms with Gasteiger partial charge in [0.05, 0.1) is 10.4 Å². The van der Waals surface area contributed by atoms with Crippen molar-refractivity contribution in [1.29, 1.82) is 0 Å². The van der Waals surface area contributed by atoms with Gasteiger partial charge in [0.15, 0.2) is 0 Å². The normalized spacial score (nSPS) is 16.7. The van der Waals surface area contributed by atoms with Gasteiger partial charge in [-0.1, -0.05) is 6.07 Å². The Bertz CT molecular complexity index is 778. The van der Waals surface area contributed by atoms with Gasteiger partial charge in [-0.2, -0.15) is 0 Å².